The zero-order valence-electron chi connectivity index (χ0n) is 66.7. The van der Waals surface area contributed by atoms with Gasteiger partial charge in [-0.1, -0.05) is 323 Å². The van der Waals surface area contributed by atoms with Gasteiger partial charge >= 0.3 is 0 Å². The minimum Gasteiger partial charge on any atom is -0.310 e. The lowest BCUT2D eigenvalue weighted by molar-refractivity contribution is 0.590. The Kier molecular flexibility index (Phi) is 13.5. The second kappa shape index (κ2) is 24.0. The zero-order chi connectivity index (χ0) is 77.3. The smallest absolute Gasteiger partial charge is 0.264 e. The summed E-state index contributed by atoms with van der Waals surface area (Å²) < 4.78 is 39.7. The molecule has 0 atom stereocenters. The summed E-state index contributed by atoms with van der Waals surface area (Å²) in [6, 6.07) is 113. The lowest BCUT2D eigenvalue weighted by atomic mass is 9.36. The van der Waals surface area contributed by atoms with Gasteiger partial charge in [0.1, 0.15) is 0 Å². The van der Waals surface area contributed by atoms with Crippen molar-refractivity contribution in [2.24, 2.45) is 0 Å². The second-order valence-corrected chi connectivity index (χ2v) is 35.1. The van der Waals surface area contributed by atoms with Crippen LogP contribution in [0.15, 0.2) is 321 Å². The monoisotopic (exact) mass is 1440 g/mol. The van der Waals surface area contributed by atoms with Crippen LogP contribution in [-0.2, 0) is 16.2 Å². The van der Waals surface area contributed by atoms with Crippen molar-refractivity contribution in [1.29, 1.82) is 0 Å². The van der Waals surface area contributed by atoms with E-state index in [9.17, 15) is 4.11 Å². The maximum atomic E-state index is 12.2. The van der Waals surface area contributed by atoms with Crippen LogP contribution in [0.2, 0.25) is 0 Å². The van der Waals surface area contributed by atoms with E-state index in [0.29, 0.717) is 16.8 Å². The van der Waals surface area contributed by atoms with E-state index in [-0.39, 0.29) is 29.0 Å². The summed E-state index contributed by atoms with van der Waals surface area (Å²) in [7, 11) is 0. The highest BCUT2D eigenvalue weighted by Gasteiger charge is 2.48. The number of benzene rings is 18. The van der Waals surface area contributed by atoms with Gasteiger partial charge in [-0.15, -0.1) is 11.3 Å². The molecule has 20 aromatic rings. The Morgan fingerprint density at radius 3 is 1.29 bits per heavy atom. The molecule has 0 amide bonds. The van der Waals surface area contributed by atoms with Gasteiger partial charge in [-0.25, -0.2) is 0 Å². The first-order chi connectivity index (χ1) is 55.2. The van der Waals surface area contributed by atoms with E-state index in [1.807, 2.05) is 11.3 Å². The van der Waals surface area contributed by atoms with Crippen molar-refractivity contribution in [3.63, 3.8) is 0 Å². The van der Waals surface area contributed by atoms with Crippen LogP contribution in [-0.4, -0.2) is 11.3 Å². The quantitative estimate of drug-likeness (QED) is 0.111. The van der Waals surface area contributed by atoms with Gasteiger partial charge in [0.25, 0.3) is 6.71 Å². The molecular weight excluding hydrogens is 1360 g/mol. The predicted octanol–water partition coefficient (Wildman–Crippen LogP) is 28.1. The van der Waals surface area contributed by atoms with Crippen molar-refractivity contribution in [3.8, 4) is 61.3 Å². The van der Waals surface area contributed by atoms with E-state index >= 15 is 0 Å². The van der Waals surface area contributed by atoms with E-state index in [4.69, 9.17) is 0 Å². The molecule has 0 fully saturated rings. The van der Waals surface area contributed by atoms with Crippen molar-refractivity contribution in [2.45, 2.75) is 78.6 Å². The molecular formula is C106H80BN3S. The summed E-state index contributed by atoms with van der Waals surface area (Å²) in [6.07, 6.45) is 0. The molecule has 5 heteroatoms. The molecule has 2 aliphatic heterocycles. The molecule has 0 N–H and O–H groups in total. The SMILES string of the molecule is [2H]c1c([2H])c(-n2c3ccccc3c3cc4ccc5cccc6ccc(c4c56)c32)c([2H])c2c1B1c3sc4c(-c5ccc6ccc7cccc8ccc5c6c78)cccc4c3N(c3c(-c4ccccc4)cc(C(C)(C)C)cc3-c3ccccc3)c3cc(C(C)(C)C)cc(c31)N2c1c(-c2ccccc2)cc(C(C)(C)C)cc1-c1ccccc1. The molecule has 0 bridgehead atoms. The Bertz CT molecular complexity index is 7300. The molecule has 3 nitrogen and oxygen atoms in total. The summed E-state index contributed by atoms with van der Waals surface area (Å²) >= 11 is 1.82. The van der Waals surface area contributed by atoms with Gasteiger partial charge in [0, 0.05) is 81.6 Å². The number of anilines is 6. The Morgan fingerprint density at radius 2 is 0.748 bits per heavy atom. The number of aromatic nitrogens is 1. The van der Waals surface area contributed by atoms with Gasteiger partial charge in [0.2, 0.25) is 0 Å². The van der Waals surface area contributed by atoms with Gasteiger partial charge in [-0.05, 0) is 192 Å². The van der Waals surface area contributed by atoms with E-state index in [1.165, 1.54) is 43.3 Å². The number of para-hydroxylation sites is 1. The van der Waals surface area contributed by atoms with Crippen LogP contribution in [0.5, 0.6) is 0 Å². The van der Waals surface area contributed by atoms with Crippen molar-refractivity contribution < 1.29 is 4.11 Å². The highest BCUT2D eigenvalue weighted by Crippen LogP contribution is 2.58. The van der Waals surface area contributed by atoms with Gasteiger partial charge in [0.05, 0.1) is 32.2 Å². The number of fused-ring (bicyclic) bond motifs is 10. The fraction of sp³-hybridized carbons (Fsp3) is 0.113. The Morgan fingerprint density at radius 1 is 0.315 bits per heavy atom. The molecule has 18 aromatic carbocycles. The predicted molar refractivity (Wildman–Crippen MR) is 481 cm³/mol. The van der Waals surface area contributed by atoms with Crippen LogP contribution in [0.1, 0.15) is 83.1 Å². The third kappa shape index (κ3) is 9.84. The van der Waals surface area contributed by atoms with Crippen LogP contribution < -0.4 is 25.5 Å². The summed E-state index contributed by atoms with van der Waals surface area (Å²) in [6.45, 7) is 20.2. The van der Waals surface area contributed by atoms with E-state index in [0.717, 1.165) is 164 Å². The third-order valence-electron chi connectivity index (χ3n) is 24.4. The topological polar surface area (TPSA) is 11.4 Å². The first-order valence-corrected chi connectivity index (χ1v) is 39.9. The fourth-order valence-corrected chi connectivity index (χ4v) is 20.4. The van der Waals surface area contributed by atoms with Crippen LogP contribution in [0.25, 0.3) is 158 Å². The maximum Gasteiger partial charge on any atom is 0.264 e. The highest BCUT2D eigenvalue weighted by molar-refractivity contribution is 7.34. The molecule has 528 valence electrons. The number of nitrogens with zero attached hydrogens (tertiary/aromatic N) is 3. The molecule has 0 saturated carbocycles. The molecule has 0 unspecified atom stereocenters. The first-order valence-electron chi connectivity index (χ1n) is 40.6. The van der Waals surface area contributed by atoms with Crippen LogP contribution in [0, 0.1) is 0 Å². The largest absolute Gasteiger partial charge is 0.310 e. The number of rotatable bonds is 8. The lowest BCUT2D eigenvalue weighted by Gasteiger charge is -2.46. The van der Waals surface area contributed by atoms with E-state index in [1.54, 1.807) is 0 Å². The summed E-state index contributed by atoms with van der Waals surface area (Å²) in [5.41, 5.74) is 22.3. The molecule has 0 saturated heterocycles. The van der Waals surface area contributed by atoms with Gasteiger partial charge < -0.3 is 14.4 Å². The molecule has 2 aromatic heterocycles. The van der Waals surface area contributed by atoms with Crippen LogP contribution in [0.3, 0.4) is 0 Å². The molecule has 2 aliphatic rings. The number of hydrogen-bond donors (Lipinski definition) is 0. The second-order valence-electron chi connectivity index (χ2n) is 34.0. The van der Waals surface area contributed by atoms with Crippen molar-refractivity contribution >= 4 is 164 Å². The first kappa shape index (κ1) is 62.4. The normalized spacial score (nSPS) is 13.6. The number of hydrogen-bond acceptors (Lipinski definition) is 3. The zero-order valence-corrected chi connectivity index (χ0v) is 64.5. The summed E-state index contributed by atoms with van der Waals surface area (Å²) in [4.78, 5) is 5.13. The molecule has 0 aliphatic carbocycles. The number of thiophene rings is 1. The van der Waals surface area contributed by atoms with Gasteiger partial charge in [0.15, 0.2) is 0 Å². The average molecular weight is 1440 g/mol. The summed E-state index contributed by atoms with van der Waals surface area (Å²) in [5.74, 6) is 0. The van der Waals surface area contributed by atoms with Crippen LogP contribution >= 0.6 is 11.3 Å². The lowest BCUT2D eigenvalue weighted by Crippen LogP contribution is -2.60. The molecule has 0 radical (unpaired) electrons. The van der Waals surface area contributed by atoms with Gasteiger partial charge in [-0.3, -0.25) is 0 Å². The Balaban J connectivity index is 0.956. The average Bonchev–Trinajstić information content (AvgIpc) is 1.25. The van der Waals surface area contributed by atoms with E-state index < -0.39 is 12.1 Å². The minimum absolute atomic E-state index is 0.00655. The van der Waals surface area contributed by atoms with Crippen LogP contribution in [0.4, 0.5) is 34.1 Å². The minimum atomic E-state index is -0.692. The summed E-state index contributed by atoms with van der Waals surface area (Å²) in [5, 5.41) is 17.3. The standard InChI is InChI=1S/C106H80BN3S/c1-104(2,3)73-56-83(63-27-14-10-15-28-63)99(84(57-73)64-29-16-11-17-30-64)109-90-62-76(108-89-42-23-22-39-78(89)87-55-72-46-45-68-36-25-38-70-49-53-81(98(87)108)96(72)94(68)70)50-54-88(90)107-97-91(109)60-75(106(7,8)9)61-92(97)110(100-85(65-31-18-12-19-32-65)58-74(105(4,5)6)59-86(100)66-33-20-13-21-34-66)101-82-41-26-40-80(102(82)111-103(101)107)77-51-47-71-44-43-67-35-24-37-69-48-52-79(77)95(71)93(67)69/h10-62H,1-9H3/i50D,54D,62D. The fourth-order valence-electron chi connectivity index (χ4n) is 18.9. The molecule has 22 rings (SSSR count). The maximum absolute atomic E-state index is 12.2. The van der Waals surface area contributed by atoms with Crippen molar-refractivity contribution in [1.82, 2.24) is 4.57 Å². The Hall–Kier alpha value is -12.5. The highest BCUT2D eigenvalue weighted by atomic mass is 32.1. The molecule has 111 heavy (non-hydrogen) atoms. The van der Waals surface area contributed by atoms with Gasteiger partial charge in [-0.2, -0.15) is 0 Å². The Labute approximate surface area is 656 Å². The third-order valence-corrected chi connectivity index (χ3v) is 25.6. The van der Waals surface area contributed by atoms with E-state index in [2.05, 4.69) is 380 Å². The van der Waals surface area contributed by atoms with Crippen molar-refractivity contribution in [3.05, 3.63) is 338 Å². The molecule has 0 spiro atoms. The van der Waals surface area contributed by atoms with Crippen molar-refractivity contribution in [2.75, 3.05) is 9.80 Å². The molecule has 4 heterocycles.